The minimum Gasteiger partial charge on any atom is -0.492 e. The molecule has 0 aromatic heterocycles. The van der Waals surface area contributed by atoms with Crippen molar-refractivity contribution in [2.75, 3.05) is 27.1 Å². The molecule has 0 spiro atoms. The maximum absolute atomic E-state index is 12.5. The van der Waals surface area contributed by atoms with Crippen LogP contribution in [0.4, 0.5) is 0 Å². The standard InChI is InChI=1S/C21H24O4S/c1-5-25-17-12-14-8-6-7-13-11-16(22)18(26-4)10-9-15(13)19(14)21(24-3)20(17)23-2/h9-12H,5-8H2,1-4H3. The molecule has 0 fully saturated rings. The van der Waals surface area contributed by atoms with Crippen molar-refractivity contribution in [2.24, 2.45) is 0 Å². The molecule has 2 aromatic carbocycles. The third kappa shape index (κ3) is 3.28. The van der Waals surface area contributed by atoms with Crippen molar-refractivity contribution < 1.29 is 14.2 Å². The van der Waals surface area contributed by atoms with Gasteiger partial charge in [-0.05, 0) is 67.3 Å². The Balaban J connectivity index is 2.36. The van der Waals surface area contributed by atoms with Gasteiger partial charge in [-0.25, -0.2) is 0 Å². The zero-order valence-corrected chi connectivity index (χ0v) is 16.5. The number of benzene rings is 1. The minimum atomic E-state index is 0.0686. The lowest BCUT2D eigenvalue weighted by Crippen LogP contribution is -2.02. The zero-order chi connectivity index (χ0) is 18.7. The molecule has 0 aliphatic heterocycles. The van der Waals surface area contributed by atoms with Crippen LogP contribution >= 0.6 is 11.8 Å². The molecule has 0 saturated carbocycles. The van der Waals surface area contributed by atoms with Crippen molar-refractivity contribution in [3.05, 3.63) is 45.6 Å². The Morgan fingerprint density at radius 3 is 2.42 bits per heavy atom. The smallest absolute Gasteiger partial charge is 0.203 e. The van der Waals surface area contributed by atoms with Gasteiger partial charge in [0.1, 0.15) is 0 Å². The molecule has 0 unspecified atom stereocenters. The molecular weight excluding hydrogens is 348 g/mol. The summed E-state index contributed by atoms with van der Waals surface area (Å²) in [5.74, 6) is 1.96. The Morgan fingerprint density at radius 2 is 1.77 bits per heavy atom. The van der Waals surface area contributed by atoms with Gasteiger partial charge < -0.3 is 14.2 Å². The lowest BCUT2D eigenvalue weighted by molar-refractivity contribution is 0.296. The number of rotatable bonds is 5. The van der Waals surface area contributed by atoms with Gasteiger partial charge in [-0.1, -0.05) is 6.07 Å². The Kier molecular flexibility index (Phi) is 5.77. The van der Waals surface area contributed by atoms with E-state index in [1.807, 2.05) is 25.3 Å². The summed E-state index contributed by atoms with van der Waals surface area (Å²) in [5.41, 5.74) is 4.32. The molecule has 2 aromatic rings. The van der Waals surface area contributed by atoms with Crippen LogP contribution in [0.25, 0.3) is 11.1 Å². The highest BCUT2D eigenvalue weighted by molar-refractivity contribution is 7.98. The molecule has 26 heavy (non-hydrogen) atoms. The topological polar surface area (TPSA) is 44.8 Å². The van der Waals surface area contributed by atoms with Crippen LogP contribution in [0.5, 0.6) is 17.2 Å². The van der Waals surface area contributed by atoms with Crippen LogP contribution in [-0.2, 0) is 12.8 Å². The molecule has 3 rings (SSSR count). The number of methoxy groups -OCH3 is 2. The molecule has 1 aliphatic rings. The van der Waals surface area contributed by atoms with Crippen LogP contribution in [0, 0.1) is 0 Å². The quantitative estimate of drug-likeness (QED) is 0.731. The number of aryl methyl sites for hydroxylation is 2. The Labute approximate surface area is 158 Å². The van der Waals surface area contributed by atoms with E-state index in [2.05, 4.69) is 6.07 Å². The second-order valence-electron chi connectivity index (χ2n) is 6.11. The first kappa shape index (κ1) is 18.6. The first-order valence-electron chi connectivity index (χ1n) is 8.76. The molecule has 138 valence electrons. The SMILES string of the molecule is CCOc1cc2c(c(OC)c1OC)-c1ccc(SC)c(=O)cc1CCC2. The van der Waals surface area contributed by atoms with Gasteiger partial charge in [0.05, 0.1) is 25.7 Å². The fourth-order valence-electron chi connectivity index (χ4n) is 3.55. The minimum absolute atomic E-state index is 0.0686. The molecule has 5 heteroatoms. The van der Waals surface area contributed by atoms with Crippen LogP contribution in [0.2, 0.25) is 0 Å². The van der Waals surface area contributed by atoms with Crippen LogP contribution in [0.1, 0.15) is 24.5 Å². The summed E-state index contributed by atoms with van der Waals surface area (Å²) in [7, 11) is 3.27. The Bertz CT molecular complexity index is 877. The fourth-order valence-corrected chi connectivity index (χ4v) is 4.02. The first-order valence-corrected chi connectivity index (χ1v) is 9.99. The van der Waals surface area contributed by atoms with Gasteiger partial charge in [-0.2, -0.15) is 0 Å². The van der Waals surface area contributed by atoms with E-state index in [9.17, 15) is 4.79 Å². The largest absolute Gasteiger partial charge is 0.492 e. The second-order valence-corrected chi connectivity index (χ2v) is 6.96. The second kappa shape index (κ2) is 8.04. The van der Waals surface area contributed by atoms with Crippen molar-refractivity contribution >= 4 is 11.8 Å². The van der Waals surface area contributed by atoms with Gasteiger partial charge in [0.2, 0.25) is 5.75 Å². The van der Waals surface area contributed by atoms with E-state index in [4.69, 9.17) is 14.2 Å². The summed E-state index contributed by atoms with van der Waals surface area (Å²) >= 11 is 1.47. The van der Waals surface area contributed by atoms with Gasteiger partial charge in [0.25, 0.3) is 0 Å². The highest BCUT2D eigenvalue weighted by Gasteiger charge is 2.25. The summed E-state index contributed by atoms with van der Waals surface area (Å²) in [6.45, 7) is 2.51. The van der Waals surface area contributed by atoms with Gasteiger partial charge in [-0.3, -0.25) is 4.79 Å². The Hall–Kier alpha value is -2.14. The van der Waals surface area contributed by atoms with Crippen LogP contribution in [-0.4, -0.2) is 27.1 Å². The average Bonchev–Trinajstić information content (AvgIpc) is 2.90. The third-order valence-electron chi connectivity index (χ3n) is 4.67. The van der Waals surface area contributed by atoms with Crippen LogP contribution < -0.4 is 19.6 Å². The maximum Gasteiger partial charge on any atom is 0.203 e. The van der Waals surface area contributed by atoms with Crippen molar-refractivity contribution in [1.82, 2.24) is 0 Å². The fraction of sp³-hybridized carbons (Fsp3) is 0.381. The maximum atomic E-state index is 12.5. The number of thioether (sulfide) groups is 1. The predicted molar refractivity (Wildman–Crippen MR) is 106 cm³/mol. The van der Waals surface area contributed by atoms with Crippen LogP contribution in [0.3, 0.4) is 0 Å². The monoisotopic (exact) mass is 372 g/mol. The number of hydrogen-bond donors (Lipinski definition) is 0. The van der Waals surface area contributed by atoms with Crippen molar-refractivity contribution in [2.45, 2.75) is 31.1 Å². The number of fused-ring (bicyclic) bond motifs is 3. The molecule has 0 radical (unpaired) electrons. The first-order chi connectivity index (χ1) is 12.6. The zero-order valence-electron chi connectivity index (χ0n) is 15.7. The highest BCUT2D eigenvalue weighted by atomic mass is 32.2. The Morgan fingerprint density at radius 1 is 1.04 bits per heavy atom. The number of hydrogen-bond acceptors (Lipinski definition) is 5. The molecule has 1 aliphatic carbocycles. The third-order valence-corrected chi connectivity index (χ3v) is 5.45. The lowest BCUT2D eigenvalue weighted by atomic mass is 9.96. The molecule has 4 nitrogen and oxygen atoms in total. The summed E-state index contributed by atoms with van der Waals surface area (Å²) in [6, 6.07) is 7.77. The van der Waals surface area contributed by atoms with Crippen LogP contribution in [0.15, 0.2) is 34.0 Å². The summed E-state index contributed by atoms with van der Waals surface area (Å²) < 4.78 is 17.2. The van der Waals surface area contributed by atoms with E-state index < -0.39 is 0 Å². The van der Waals surface area contributed by atoms with Gasteiger partial charge in [0.15, 0.2) is 16.9 Å². The van der Waals surface area contributed by atoms with E-state index in [0.717, 1.165) is 46.4 Å². The molecule has 0 N–H and O–H groups in total. The number of ether oxygens (including phenoxy) is 3. The van der Waals surface area contributed by atoms with E-state index in [1.165, 1.54) is 11.8 Å². The molecule has 0 saturated heterocycles. The normalized spacial score (nSPS) is 12.6. The lowest BCUT2D eigenvalue weighted by Gasteiger charge is -2.19. The molecular formula is C21H24O4S. The highest BCUT2D eigenvalue weighted by Crippen LogP contribution is 2.49. The van der Waals surface area contributed by atoms with Gasteiger partial charge in [-0.15, -0.1) is 11.8 Å². The van der Waals surface area contributed by atoms with E-state index >= 15 is 0 Å². The summed E-state index contributed by atoms with van der Waals surface area (Å²) in [6.07, 6.45) is 4.65. The van der Waals surface area contributed by atoms with Crippen molar-refractivity contribution in [3.8, 4) is 28.4 Å². The van der Waals surface area contributed by atoms with Crippen molar-refractivity contribution in [1.29, 1.82) is 0 Å². The molecule has 0 bridgehead atoms. The van der Waals surface area contributed by atoms with Crippen molar-refractivity contribution in [3.63, 3.8) is 0 Å². The molecule has 0 amide bonds. The van der Waals surface area contributed by atoms with Gasteiger partial charge >= 0.3 is 0 Å². The molecule has 0 heterocycles. The summed E-state index contributed by atoms with van der Waals surface area (Å²) in [5, 5.41) is 0. The predicted octanol–water partition coefficient (Wildman–Crippen LogP) is 4.34. The summed E-state index contributed by atoms with van der Waals surface area (Å²) in [4.78, 5) is 13.2. The van der Waals surface area contributed by atoms with Gasteiger partial charge in [0, 0.05) is 5.56 Å². The van der Waals surface area contributed by atoms with E-state index in [1.54, 1.807) is 20.3 Å². The molecule has 0 atom stereocenters. The van der Waals surface area contributed by atoms with E-state index in [0.29, 0.717) is 23.9 Å². The average molecular weight is 372 g/mol. The van der Waals surface area contributed by atoms with E-state index in [-0.39, 0.29) is 5.43 Å².